The molecule has 0 amide bonds. The highest BCUT2D eigenvalue weighted by Crippen LogP contribution is 2.47. The summed E-state index contributed by atoms with van der Waals surface area (Å²) in [7, 11) is 0. The van der Waals surface area contributed by atoms with Gasteiger partial charge in [0.1, 0.15) is 11.5 Å². The summed E-state index contributed by atoms with van der Waals surface area (Å²) in [4.78, 5) is 0. The predicted molar refractivity (Wildman–Crippen MR) is 133 cm³/mol. The van der Waals surface area contributed by atoms with Crippen LogP contribution in [0.25, 0.3) is 0 Å². The number of hydrogen-bond acceptors (Lipinski definition) is 4. The second kappa shape index (κ2) is 9.30. The van der Waals surface area contributed by atoms with Crippen molar-refractivity contribution >= 4 is 5.71 Å². The van der Waals surface area contributed by atoms with E-state index in [-0.39, 0.29) is 12.3 Å². The number of benzene rings is 3. The van der Waals surface area contributed by atoms with Gasteiger partial charge in [-0.3, -0.25) is 0 Å². The molecule has 2 atom stereocenters. The van der Waals surface area contributed by atoms with Crippen molar-refractivity contribution in [2.45, 2.75) is 58.2 Å². The van der Waals surface area contributed by atoms with Crippen LogP contribution < -0.4 is 9.47 Å². The van der Waals surface area contributed by atoms with Crippen molar-refractivity contribution in [2.24, 2.45) is 5.10 Å². The van der Waals surface area contributed by atoms with Crippen LogP contribution in [0, 0.1) is 0 Å². The van der Waals surface area contributed by atoms with Crippen molar-refractivity contribution in [3.63, 3.8) is 0 Å². The Bertz CT molecular complexity index is 1120. The highest BCUT2D eigenvalue weighted by atomic mass is 16.5. The Balaban J connectivity index is 1.44. The minimum absolute atomic E-state index is 0.167. The molecule has 3 aromatic carbocycles. The summed E-state index contributed by atoms with van der Waals surface area (Å²) >= 11 is 0. The van der Waals surface area contributed by atoms with Gasteiger partial charge in [0, 0.05) is 17.5 Å². The fourth-order valence-electron chi connectivity index (χ4n) is 4.55. The minimum Gasteiger partial charge on any atom is -0.494 e. The van der Waals surface area contributed by atoms with Crippen LogP contribution in [0.4, 0.5) is 0 Å². The Morgan fingerprint density at radius 1 is 1.00 bits per heavy atom. The quantitative estimate of drug-likeness (QED) is 0.363. The molecule has 0 N–H and O–H groups in total. The van der Waals surface area contributed by atoms with Crippen LogP contribution in [0.15, 0.2) is 77.9 Å². The lowest BCUT2D eigenvalue weighted by Crippen LogP contribution is -2.33. The number of fused-ring (bicyclic) bond motifs is 3. The van der Waals surface area contributed by atoms with Gasteiger partial charge in [-0.15, -0.1) is 0 Å². The lowest BCUT2D eigenvalue weighted by molar-refractivity contribution is -0.0190. The number of unbranched alkanes of at least 4 members (excludes halogenated alkanes) is 1. The molecule has 2 heterocycles. The van der Waals surface area contributed by atoms with Gasteiger partial charge < -0.3 is 9.47 Å². The Labute approximate surface area is 196 Å². The van der Waals surface area contributed by atoms with Crippen LogP contribution in [0.2, 0.25) is 0 Å². The molecular weight excluding hydrogens is 408 g/mol. The summed E-state index contributed by atoms with van der Waals surface area (Å²) in [6.45, 7) is 7.37. The standard InChI is InChI=1S/C29H32N2O2/c1-4-5-18-32-24-16-14-22(15-17-24)26-19-27-25-8-6-7-9-28(25)33-29(31(27)30-26)23-12-10-21(11-13-23)20(2)3/h6-17,20,27,29H,4-5,18-19H2,1-3H3. The molecule has 0 saturated carbocycles. The molecule has 4 heteroatoms. The zero-order valence-corrected chi connectivity index (χ0v) is 19.7. The Hall–Kier alpha value is -3.27. The maximum absolute atomic E-state index is 6.49. The van der Waals surface area contributed by atoms with Gasteiger partial charge in [-0.25, -0.2) is 5.01 Å². The lowest BCUT2D eigenvalue weighted by Gasteiger charge is -2.38. The average molecular weight is 441 g/mol. The van der Waals surface area contributed by atoms with Crippen LogP contribution >= 0.6 is 0 Å². The van der Waals surface area contributed by atoms with Gasteiger partial charge in [-0.2, -0.15) is 5.10 Å². The molecule has 3 aromatic rings. The second-order valence-corrected chi connectivity index (χ2v) is 9.20. The normalized spacial score (nSPS) is 19.0. The molecule has 5 rings (SSSR count). The van der Waals surface area contributed by atoms with E-state index in [0.29, 0.717) is 5.92 Å². The van der Waals surface area contributed by atoms with Crippen LogP contribution in [0.3, 0.4) is 0 Å². The molecule has 170 valence electrons. The van der Waals surface area contributed by atoms with Crippen molar-refractivity contribution in [1.82, 2.24) is 5.01 Å². The number of ether oxygens (including phenoxy) is 2. The summed E-state index contributed by atoms with van der Waals surface area (Å²) in [6, 6.07) is 25.6. The Morgan fingerprint density at radius 3 is 2.48 bits per heavy atom. The molecule has 0 bridgehead atoms. The molecule has 0 aromatic heterocycles. The Kier molecular flexibility index (Phi) is 6.08. The lowest BCUT2D eigenvalue weighted by atomic mass is 9.95. The monoisotopic (exact) mass is 440 g/mol. The zero-order valence-electron chi connectivity index (χ0n) is 19.7. The van der Waals surface area contributed by atoms with E-state index in [1.54, 1.807) is 0 Å². The van der Waals surface area contributed by atoms with Gasteiger partial charge in [-0.1, -0.05) is 69.7 Å². The highest BCUT2D eigenvalue weighted by Gasteiger charge is 2.40. The van der Waals surface area contributed by atoms with E-state index in [2.05, 4.69) is 92.5 Å². The molecule has 2 unspecified atom stereocenters. The van der Waals surface area contributed by atoms with Gasteiger partial charge in [0.15, 0.2) is 0 Å². The van der Waals surface area contributed by atoms with Gasteiger partial charge in [0.05, 0.1) is 18.4 Å². The first-order valence-electron chi connectivity index (χ1n) is 12.1. The van der Waals surface area contributed by atoms with Crippen molar-refractivity contribution in [1.29, 1.82) is 0 Å². The van der Waals surface area contributed by atoms with E-state index in [4.69, 9.17) is 14.6 Å². The first kappa shape index (κ1) is 21.6. The summed E-state index contributed by atoms with van der Waals surface area (Å²) in [5.74, 6) is 2.37. The van der Waals surface area contributed by atoms with E-state index in [9.17, 15) is 0 Å². The van der Waals surface area contributed by atoms with Gasteiger partial charge >= 0.3 is 0 Å². The predicted octanol–water partition coefficient (Wildman–Crippen LogP) is 7.23. The minimum atomic E-state index is -0.236. The van der Waals surface area contributed by atoms with E-state index < -0.39 is 0 Å². The number of rotatable bonds is 7. The number of para-hydroxylation sites is 1. The van der Waals surface area contributed by atoms with Crippen LogP contribution in [-0.4, -0.2) is 17.3 Å². The molecule has 0 aliphatic carbocycles. The summed E-state index contributed by atoms with van der Waals surface area (Å²) < 4.78 is 12.3. The van der Waals surface area contributed by atoms with E-state index in [1.165, 1.54) is 11.1 Å². The van der Waals surface area contributed by atoms with Crippen LogP contribution in [-0.2, 0) is 0 Å². The summed E-state index contributed by atoms with van der Waals surface area (Å²) in [5.41, 5.74) is 5.88. The molecule has 2 aliphatic rings. The molecule has 0 fully saturated rings. The van der Waals surface area contributed by atoms with E-state index in [1.807, 2.05) is 6.07 Å². The summed E-state index contributed by atoms with van der Waals surface area (Å²) in [5, 5.41) is 7.23. The van der Waals surface area contributed by atoms with Crippen LogP contribution in [0.5, 0.6) is 11.5 Å². The van der Waals surface area contributed by atoms with Gasteiger partial charge in [-0.05, 0) is 53.8 Å². The SMILES string of the molecule is CCCCOc1ccc(C2=NN3C(C2)c2ccccc2OC3c2ccc(C(C)C)cc2)cc1. The van der Waals surface area contributed by atoms with Crippen molar-refractivity contribution in [3.8, 4) is 11.5 Å². The molecule has 0 spiro atoms. The third-order valence-corrected chi connectivity index (χ3v) is 6.54. The third kappa shape index (κ3) is 4.35. The second-order valence-electron chi connectivity index (χ2n) is 9.20. The number of hydrogen-bond donors (Lipinski definition) is 0. The van der Waals surface area contributed by atoms with Gasteiger partial charge in [0.25, 0.3) is 0 Å². The number of nitrogens with zero attached hydrogens (tertiary/aromatic N) is 2. The molecule has 2 aliphatic heterocycles. The molecule has 0 radical (unpaired) electrons. The maximum Gasteiger partial charge on any atom is 0.213 e. The summed E-state index contributed by atoms with van der Waals surface area (Å²) in [6.07, 6.45) is 2.83. The first-order valence-corrected chi connectivity index (χ1v) is 12.1. The highest BCUT2D eigenvalue weighted by molar-refractivity contribution is 6.02. The molecule has 4 nitrogen and oxygen atoms in total. The largest absolute Gasteiger partial charge is 0.494 e. The molecule has 33 heavy (non-hydrogen) atoms. The third-order valence-electron chi connectivity index (χ3n) is 6.54. The smallest absolute Gasteiger partial charge is 0.213 e. The van der Waals surface area contributed by atoms with Crippen LogP contribution in [0.1, 0.15) is 80.5 Å². The molecule has 0 saturated heterocycles. The topological polar surface area (TPSA) is 34.1 Å². The zero-order chi connectivity index (χ0) is 22.8. The Morgan fingerprint density at radius 2 is 1.76 bits per heavy atom. The number of hydrazone groups is 1. The van der Waals surface area contributed by atoms with Crippen molar-refractivity contribution < 1.29 is 9.47 Å². The fraction of sp³-hybridized carbons (Fsp3) is 0.345. The fourth-order valence-corrected chi connectivity index (χ4v) is 4.55. The first-order chi connectivity index (χ1) is 16.1. The maximum atomic E-state index is 6.49. The van der Waals surface area contributed by atoms with Gasteiger partial charge in [0.2, 0.25) is 6.23 Å². The van der Waals surface area contributed by atoms with Crippen molar-refractivity contribution in [3.05, 3.63) is 95.1 Å². The van der Waals surface area contributed by atoms with Crippen molar-refractivity contribution in [2.75, 3.05) is 6.61 Å². The van der Waals surface area contributed by atoms with E-state index >= 15 is 0 Å². The average Bonchev–Trinajstić information content (AvgIpc) is 3.30. The van der Waals surface area contributed by atoms with E-state index in [0.717, 1.165) is 54.2 Å². The molecular formula is C29H32N2O2.